The predicted molar refractivity (Wildman–Crippen MR) is 69.3 cm³/mol. The molecule has 1 aromatic carbocycles. The van der Waals surface area contributed by atoms with Gasteiger partial charge in [-0.05, 0) is 0 Å². The fraction of sp³-hybridized carbons (Fsp3) is 0.385. The molecule has 4 N–H and O–H groups in total. The number of hydrogen-bond donors (Lipinski definition) is 4. The smallest absolute Gasteiger partial charge is 0.338 e. The third-order valence-corrected chi connectivity index (χ3v) is 2.68. The lowest BCUT2D eigenvalue weighted by Crippen LogP contribution is -2.46. The zero-order valence-corrected chi connectivity index (χ0v) is 10.7. The Hall–Kier alpha value is -1.96. The average Bonchev–Trinajstić information content (AvgIpc) is 2.39. The minimum absolute atomic E-state index is 0.232. The van der Waals surface area contributed by atoms with Gasteiger partial charge in [0.1, 0.15) is 6.54 Å². The molecule has 0 saturated carbocycles. The highest BCUT2D eigenvalue weighted by Gasteiger charge is 2.30. The normalized spacial score (nSPS) is 13.9. The first kappa shape index (κ1) is 16.1. The standard InChI is InChI=1S/C13H17NO6/c15-10(12(17)18)7-14(8-11(16)13(19)20)6-9-4-2-1-3-5-9/h1-5,10-11,15-16H,6-8H2,(H,17,18)(H,19,20)/q+1. The van der Waals surface area contributed by atoms with E-state index in [4.69, 9.17) is 10.2 Å². The lowest BCUT2D eigenvalue weighted by molar-refractivity contribution is -0.148. The van der Waals surface area contributed by atoms with E-state index in [1.54, 1.807) is 24.3 Å². The van der Waals surface area contributed by atoms with E-state index in [0.29, 0.717) is 0 Å². The molecule has 20 heavy (non-hydrogen) atoms. The number of aliphatic carboxylic acids is 2. The SMILES string of the molecule is O=C(O)C(O)C[N+](Cc1ccccc1)CC(O)C(=O)O. The largest absolute Gasteiger partial charge is 0.479 e. The summed E-state index contributed by atoms with van der Waals surface area (Å²) in [5.74, 6) is -2.79. The summed E-state index contributed by atoms with van der Waals surface area (Å²) in [7, 11) is 0. The number of nitrogens with zero attached hydrogens (tertiary/aromatic N) is 1. The van der Waals surface area contributed by atoms with E-state index in [1.807, 2.05) is 6.07 Å². The molecule has 0 aliphatic heterocycles. The number of carbonyl (C=O) groups is 2. The maximum Gasteiger partial charge on any atom is 0.338 e. The van der Waals surface area contributed by atoms with Crippen LogP contribution in [-0.4, -0.2) is 57.7 Å². The molecule has 0 amide bonds. The Balaban J connectivity index is 2.73. The maximum atomic E-state index is 10.7. The molecular formula is C13H17NO6+. The number of aliphatic hydroxyl groups is 2. The molecule has 7 nitrogen and oxygen atoms in total. The Morgan fingerprint density at radius 1 is 0.950 bits per heavy atom. The molecule has 1 rings (SSSR count). The molecule has 7 heteroatoms. The maximum absolute atomic E-state index is 10.7. The molecule has 0 saturated heterocycles. The summed E-state index contributed by atoms with van der Waals surface area (Å²) in [4.78, 5) is 22.7. The summed E-state index contributed by atoms with van der Waals surface area (Å²) in [5.41, 5.74) is 0.822. The molecule has 0 aliphatic rings. The van der Waals surface area contributed by atoms with Gasteiger partial charge in [-0.1, -0.05) is 30.3 Å². The second-order valence-corrected chi connectivity index (χ2v) is 4.39. The lowest BCUT2D eigenvalue weighted by atomic mass is 10.2. The third kappa shape index (κ3) is 5.35. The molecule has 0 bridgehead atoms. The Kier molecular flexibility index (Phi) is 6.10. The van der Waals surface area contributed by atoms with Crippen LogP contribution < -0.4 is 4.90 Å². The van der Waals surface area contributed by atoms with E-state index in [9.17, 15) is 19.8 Å². The third-order valence-electron chi connectivity index (χ3n) is 2.68. The van der Waals surface area contributed by atoms with Gasteiger partial charge in [0.05, 0.1) is 0 Å². The van der Waals surface area contributed by atoms with Crippen molar-refractivity contribution in [2.45, 2.75) is 18.8 Å². The molecule has 2 unspecified atom stereocenters. The predicted octanol–water partition coefficient (Wildman–Crippen LogP) is -0.782. The van der Waals surface area contributed by atoms with Crippen LogP contribution in [0, 0.1) is 0 Å². The van der Waals surface area contributed by atoms with E-state index in [0.717, 1.165) is 5.56 Å². The minimum atomic E-state index is -1.64. The van der Waals surface area contributed by atoms with Gasteiger partial charge in [0.25, 0.3) is 0 Å². The van der Waals surface area contributed by atoms with Crippen molar-refractivity contribution in [3.8, 4) is 0 Å². The van der Waals surface area contributed by atoms with Crippen molar-refractivity contribution < 1.29 is 30.0 Å². The van der Waals surface area contributed by atoms with Crippen molar-refractivity contribution in [1.82, 2.24) is 4.90 Å². The number of hydrogen-bond acceptors (Lipinski definition) is 5. The Morgan fingerprint density at radius 2 is 1.40 bits per heavy atom. The molecular weight excluding hydrogens is 266 g/mol. The van der Waals surface area contributed by atoms with Gasteiger partial charge in [0.15, 0.2) is 13.1 Å². The molecule has 0 aromatic heterocycles. The molecule has 0 fully saturated rings. The van der Waals surface area contributed by atoms with Crippen LogP contribution in [0.1, 0.15) is 5.56 Å². The van der Waals surface area contributed by atoms with Crippen molar-refractivity contribution in [2.24, 2.45) is 0 Å². The minimum Gasteiger partial charge on any atom is -0.479 e. The van der Waals surface area contributed by atoms with Crippen molar-refractivity contribution >= 4 is 11.9 Å². The van der Waals surface area contributed by atoms with Crippen LogP contribution in [0.3, 0.4) is 0 Å². The number of aliphatic hydroxyl groups excluding tert-OH is 2. The van der Waals surface area contributed by atoms with Crippen molar-refractivity contribution in [3.05, 3.63) is 35.9 Å². The van der Waals surface area contributed by atoms with Crippen LogP contribution in [0.2, 0.25) is 0 Å². The van der Waals surface area contributed by atoms with Crippen LogP contribution in [0.15, 0.2) is 30.3 Å². The van der Waals surface area contributed by atoms with Gasteiger partial charge in [-0.15, -0.1) is 0 Å². The number of carboxylic acid groups (broad SMARTS) is 2. The summed E-state index contributed by atoms with van der Waals surface area (Å²) in [6.45, 7) is -0.307. The second kappa shape index (κ2) is 7.59. The van der Waals surface area contributed by atoms with E-state index in [1.165, 1.54) is 4.90 Å². The summed E-state index contributed by atoms with van der Waals surface area (Å²) in [6, 6.07) is 8.95. The van der Waals surface area contributed by atoms with Crippen LogP contribution in [0.25, 0.3) is 0 Å². The first-order chi connectivity index (χ1) is 9.40. The van der Waals surface area contributed by atoms with E-state index in [-0.39, 0.29) is 19.6 Å². The zero-order valence-electron chi connectivity index (χ0n) is 10.7. The highest BCUT2D eigenvalue weighted by Crippen LogP contribution is 2.04. The first-order valence-corrected chi connectivity index (χ1v) is 5.98. The van der Waals surface area contributed by atoms with Crippen molar-refractivity contribution in [2.75, 3.05) is 13.1 Å². The summed E-state index contributed by atoms with van der Waals surface area (Å²) in [6.07, 6.45) is -3.28. The molecule has 0 aliphatic carbocycles. The molecule has 0 spiro atoms. The van der Waals surface area contributed by atoms with E-state index in [2.05, 4.69) is 0 Å². The van der Waals surface area contributed by atoms with Gasteiger partial charge >= 0.3 is 11.9 Å². The fourth-order valence-electron chi connectivity index (χ4n) is 1.69. The first-order valence-electron chi connectivity index (χ1n) is 5.98. The van der Waals surface area contributed by atoms with Gasteiger partial charge in [0, 0.05) is 5.56 Å². The quantitative estimate of drug-likeness (QED) is 0.464. The van der Waals surface area contributed by atoms with E-state index < -0.39 is 24.1 Å². The number of benzene rings is 1. The molecule has 109 valence electrons. The highest BCUT2D eigenvalue weighted by atomic mass is 16.4. The van der Waals surface area contributed by atoms with Crippen molar-refractivity contribution in [3.63, 3.8) is 0 Å². The Morgan fingerprint density at radius 3 is 1.80 bits per heavy atom. The lowest BCUT2D eigenvalue weighted by Gasteiger charge is -2.15. The van der Waals surface area contributed by atoms with Gasteiger partial charge < -0.3 is 20.4 Å². The Bertz CT molecular complexity index is 427. The number of carboxylic acids is 2. The topological polar surface area (TPSA) is 121 Å². The fourth-order valence-corrected chi connectivity index (χ4v) is 1.69. The van der Waals surface area contributed by atoms with Crippen LogP contribution in [0.5, 0.6) is 0 Å². The Labute approximate surface area is 115 Å². The van der Waals surface area contributed by atoms with Crippen molar-refractivity contribution in [1.29, 1.82) is 0 Å². The van der Waals surface area contributed by atoms with Crippen LogP contribution in [0.4, 0.5) is 0 Å². The van der Waals surface area contributed by atoms with Crippen LogP contribution in [-0.2, 0) is 16.1 Å². The monoisotopic (exact) mass is 283 g/mol. The molecule has 1 radical (unpaired) electrons. The van der Waals surface area contributed by atoms with Gasteiger partial charge in [-0.25, -0.2) is 9.59 Å². The van der Waals surface area contributed by atoms with E-state index >= 15 is 0 Å². The average molecular weight is 283 g/mol. The van der Waals surface area contributed by atoms with Gasteiger partial charge in [-0.3, -0.25) is 0 Å². The van der Waals surface area contributed by atoms with Gasteiger partial charge in [0.2, 0.25) is 12.2 Å². The molecule has 2 atom stereocenters. The zero-order chi connectivity index (χ0) is 15.1. The van der Waals surface area contributed by atoms with Gasteiger partial charge in [-0.2, -0.15) is 4.90 Å². The number of rotatable bonds is 8. The second-order valence-electron chi connectivity index (χ2n) is 4.39. The highest BCUT2D eigenvalue weighted by molar-refractivity contribution is 5.73. The molecule has 1 aromatic rings. The summed E-state index contributed by atoms with van der Waals surface area (Å²) >= 11 is 0. The summed E-state index contributed by atoms with van der Waals surface area (Å²) < 4.78 is 0. The van der Waals surface area contributed by atoms with Crippen LogP contribution >= 0.6 is 0 Å². The molecule has 0 heterocycles. The summed E-state index contributed by atoms with van der Waals surface area (Å²) in [5, 5.41) is 36.1.